The first-order valence-corrected chi connectivity index (χ1v) is 7.72. The molecule has 0 atom stereocenters. The molecule has 0 aliphatic carbocycles. The Hall–Kier alpha value is -0.920. The van der Waals surface area contributed by atoms with E-state index in [1.807, 2.05) is 0 Å². The van der Waals surface area contributed by atoms with Crippen molar-refractivity contribution in [2.45, 2.75) is 16.9 Å². The average Bonchev–Trinajstić information content (AvgIpc) is 2.40. The van der Waals surface area contributed by atoms with E-state index < -0.39 is 5.51 Å². The van der Waals surface area contributed by atoms with Crippen LogP contribution in [0.15, 0.2) is 45.9 Å². The predicted octanol–water partition coefficient (Wildman–Crippen LogP) is 5.72. The molecule has 1 heterocycles. The van der Waals surface area contributed by atoms with E-state index in [-0.39, 0.29) is 16.7 Å². The molecule has 0 unspecified atom stereocenters. The Morgan fingerprint density at radius 2 is 1.90 bits per heavy atom. The largest absolute Gasteiger partial charge is 0.446 e. The van der Waals surface area contributed by atoms with Crippen LogP contribution in [-0.4, -0.2) is 10.5 Å². The molecule has 2 nitrogen and oxygen atoms in total. The number of benzene rings is 1. The van der Waals surface area contributed by atoms with Gasteiger partial charge in [-0.25, -0.2) is 4.98 Å². The lowest BCUT2D eigenvalue weighted by atomic mass is 10.2. The highest BCUT2D eigenvalue weighted by Gasteiger charge is 2.28. The molecule has 2 aromatic rings. The standard InChI is InChI=1S/C13H9BrClF3N2S/c14-11-5-9(7-20-12(11)15)19-6-8-1-3-10(4-2-8)21-13(16,17)18/h1-5,7,19H,6H2. The fraction of sp³-hybridized carbons (Fsp3) is 0.154. The van der Waals surface area contributed by atoms with Crippen molar-refractivity contribution in [2.24, 2.45) is 0 Å². The van der Waals surface area contributed by atoms with E-state index in [4.69, 9.17) is 11.6 Å². The smallest absolute Gasteiger partial charge is 0.380 e. The van der Waals surface area contributed by atoms with E-state index in [1.165, 1.54) is 12.1 Å². The number of pyridine rings is 1. The number of anilines is 1. The number of thioether (sulfide) groups is 1. The van der Waals surface area contributed by atoms with Gasteiger partial charge in [0, 0.05) is 11.4 Å². The zero-order chi connectivity index (χ0) is 15.5. The lowest BCUT2D eigenvalue weighted by molar-refractivity contribution is -0.0328. The summed E-state index contributed by atoms with van der Waals surface area (Å²) >= 11 is 8.93. The maximum absolute atomic E-state index is 12.2. The highest BCUT2D eigenvalue weighted by Crippen LogP contribution is 2.36. The van der Waals surface area contributed by atoms with Gasteiger partial charge in [0.05, 0.1) is 16.4 Å². The summed E-state index contributed by atoms with van der Waals surface area (Å²) in [5, 5.41) is 3.49. The maximum atomic E-state index is 12.2. The Morgan fingerprint density at radius 1 is 1.24 bits per heavy atom. The summed E-state index contributed by atoms with van der Waals surface area (Å²) in [4.78, 5) is 4.14. The van der Waals surface area contributed by atoms with Gasteiger partial charge in [0.25, 0.3) is 0 Å². The number of nitrogens with zero attached hydrogens (tertiary/aromatic N) is 1. The zero-order valence-electron chi connectivity index (χ0n) is 10.4. The monoisotopic (exact) mass is 396 g/mol. The van der Waals surface area contributed by atoms with Crippen LogP contribution in [0.5, 0.6) is 0 Å². The SMILES string of the molecule is FC(F)(F)Sc1ccc(CNc2cnc(Cl)c(Br)c2)cc1. The van der Waals surface area contributed by atoms with E-state index in [1.54, 1.807) is 24.4 Å². The van der Waals surface area contributed by atoms with Crippen LogP contribution in [-0.2, 0) is 6.54 Å². The van der Waals surface area contributed by atoms with Gasteiger partial charge in [-0.2, -0.15) is 13.2 Å². The Labute approximate surface area is 137 Å². The number of hydrogen-bond donors (Lipinski definition) is 1. The van der Waals surface area contributed by atoms with E-state index in [0.717, 1.165) is 11.3 Å². The van der Waals surface area contributed by atoms with Crippen molar-refractivity contribution in [2.75, 3.05) is 5.32 Å². The summed E-state index contributed by atoms with van der Waals surface area (Å²) in [6.45, 7) is 0.479. The molecule has 0 aliphatic heterocycles. The first-order valence-electron chi connectivity index (χ1n) is 5.73. The van der Waals surface area contributed by atoms with Crippen molar-refractivity contribution in [3.8, 4) is 0 Å². The Kier molecular flexibility index (Phi) is 5.40. The summed E-state index contributed by atoms with van der Waals surface area (Å²) < 4.78 is 37.3. The molecule has 0 amide bonds. The molecular formula is C13H9BrClF3N2S. The van der Waals surface area contributed by atoms with Gasteiger partial charge in [-0.3, -0.25) is 0 Å². The minimum absolute atomic E-state index is 0.124. The van der Waals surface area contributed by atoms with Gasteiger partial charge in [0.2, 0.25) is 0 Å². The first kappa shape index (κ1) is 16.5. The summed E-state index contributed by atoms with van der Waals surface area (Å²) in [5.74, 6) is 0. The van der Waals surface area contributed by atoms with Crippen LogP contribution in [0.2, 0.25) is 5.15 Å². The Balaban J connectivity index is 1.96. The number of alkyl halides is 3. The van der Waals surface area contributed by atoms with Crippen molar-refractivity contribution >= 4 is 45.0 Å². The van der Waals surface area contributed by atoms with Crippen LogP contribution in [0.1, 0.15) is 5.56 Å². The van der Waals surface area contributed by atoms with Crippen molar-refractivity contribution in [3.05, 3.63) is 51.7 Å². The van der Waals surface area contributed by atoms with Gasteiger partial charge in [0.1, 0.15) is 5.15 Å². The van der Waals surface area contributed by atoms with Gasteiger partial charge >= 0.3 is 5.51 Å². The number of rotatable bonds is 4. The minimum atomic E-state index is -4.26. The molecule has 0 spiro atoms. The second-order valence-electron chi connectivity index (χ2n) is 4.04. The molecule has 0 radical (unpaired) electrons. The van der Waals surface area contributed by atoms with Crippen LogP contribution in [0.25, 0.3) is 0 Å². The van der Waals surface area contributed by atoms with Crippen molar-refractivity contribution in [1.82, 2.24) is 4.98 Å². The zero-order valence-corrected chi connectivity index (χ0v) is 13.6. The average molecular weight is 398 g/mol. The molecule has 0 bridgehead atoms. The van der Waals surface area contributed by atoms with Crippen LogP contribution < -0.4 is 5.32 Å². The van der Waals surface area contributed by atoms with Gasteiger partial charge < -0.3 is 5.32 Å². The lowest BCUT2D eigenvalue weighted by Gasteiger charge is -2.09. The molecule has 2 rings (SSSR count). The van der Waals surface area contributed by atoms with Crippen LogP contribution in [0.4, 0.5) is 18.9 Å². The van der Waals surface area contributed by atoms with Gasteiger partial charge in [-0.1, -0.05) is 23.7 Å². The molecular weight excluding hydrogens is 389 g/mol. The molecule has 1 aromatic carbocycles. The fourth-order valence-corrected chi connectivity index (χ4v) is 2.52. The maximum Gasteiger partial charge on any atom is 0.446 e. The van der Waals surface area contributed by atoms with E-state index in [9.17, 15) is 13.2 Å². The van der Waals surface area contributed by atoms with Crippen molar-refractivity contribution in [3.63, 3.8) is 0 Å². The molecule has 0 fully saturated rings. The molecule has 0 saturated carbocycles. The van der Waals surface area contributed by atoms with Gasteiger partial charge in [-0.05, 0) is 51.5 Å². The van der Waals surface area contributed by atoms with Crippen LogP contribution in [0, 0.1) is 0 Å². The third-order valence-corrected chi connectivity index (χ3v) is 4.32. The lowest BCUT2D eigenvalue weighted by Crippen LogP contribution is -2.01. The molecule has 21 heavy (non-hydrogen) atoms. The summed E-state index contributed by atoms with van der Waals surface area (Å²) in [5.41, 5.74) is -2.63. The minimum Gasteiger partial charge on any atom is -0.380 e. The van der Waals surface area contributed by atoms with Gasteiger partial charge in [0.15, 0.2) is 0 Å². The Morgan fingerprint density at radius 3 is 2.48 bits per heavy atom. The summed E-state index contributed by atoms with van der Waals surface area (Å²) in [6, 6.07) is 7.98. The number of aromatic nitrogens is 1. The first-order chi connectivity index (χ1) is 9.83. The second kappa shape index (κ2) is 6.89. The predicted molar refractivity (Wildman–Crippen MR) is 82.6 cm³/mol. The number of hydrogen-bond acceptors (Lipinski definition) is 3. The van der Waals surface area contributed by atoms with E-state index >= 15 is 0 Å². The number of nitrogens with one attached hydrogen (secondary N) is 1. The third-order valence-electron chi connectivity index (χ3n) is 2.45. The third kappa shape index (κ3) is 5.41. The molecule has 1 aromatic heterocycles. The molecule has 112 valence electrons. The highest BCUT2D eigenvalue weighted by molar-refractivity contribution is 9.10. The molecule has 0 saturated heterocycles. The van der Waals surface area contributed by atoms with Crippen LogP contribution in [0.3, 0.4) is 0 Å². The molecule has 8 heteroatoms. The van der Waals surface area contributed by atoms with Crippen molar-refractivity contribution < 1.29 is 13.2 Å². The van der Waals surface area contributed by atoms with E-state index in [0.29, 0.717) is 16.2 Å². The summed E-state index contributed by atoms with van der Waals surface area (Å²) in [7, 11) is 0. The quantitative estimate of drug-likeness (QED) is 0.527. The molecule has 0 aliphatic rings. The van der Waals surface area contributed by atoms with Crippen LogP contribution >= 0.6 is 39.3 Å². The highest BCUT2D eigenvalue weighted by atomic mass is 79.9. The topological polar surface area (TPSA) is 24.9 Å². The second-order valence-corrected chi connectivity index (χ2v) is 6.39. The Bertz CT molecular complexity index is 620. The summed E-state index contributed by atoms with van der Waals surface area (Å²) in [6.07, 6.45) is 1.58. The van der Waals surface area contributed by atoms with E-state index in [2.05, 4.69) is 26.2 Å². The van der Waals surface area contributed by atoms with Crippen molar-refractivity contribution in [1.29, 1.82) is 0 Å². The van der Waals surface area contributed by atoms with Gasteiger partial charge in [-0.15, -0.1) is 0 Å². The number of halogens is 5. The molecule has 1 N–H and O–H groups in total. The normalized spacial score (nSPS) is 11.5. The fourth-order valence-electron chi connectivity index (χ4n) is 1.53.